The predicted molar refractivity (Wildman–Crippen MR) is 112 cm³/mol. The first-order valence-corrected chi connectivity index (χ1v) is 11.6. The summed E-state index contributed by atoms with van der Waals surface area (Å²) in [7, 11) is -2.08. The van der Waals surface area contributed by atoms with Gasteiger partial charge in [-0.25, -0.2) is 13.1 Å². The summed E-state index contributed by atoms with van der Waals surface area (Å²) in [6.45, 7) is -2.63. The number of rotatable bonds is 9. The number of benzene rings is 2. The van der Waals surface area contributed by atoms with Crippen LogP contribution in [0.1, 0.15) is 36.0 Å². The lowest BCUT2D eigenvalue weighted by molar-refractivity contribution is -0.130. The van der Waals surface area contributed by atoms with Gasteiger partial charge in [0.1, 0.15) is 5.75 Å². The molecule has 2 aromatic rings. The van der Waals surface area contributed by atoms with Gasteiger partial charge in [-0.15, -0.1) is 0 Å². The molecule has 1 aliphatic carbocycles. The molecule has 0 saturated heterocycles. The summed E-state index contributed by atoms with van der Waals surface area (Å²) in [5, 5.41) is 0. The molecule has 0 atom stereocenters. The highest BCUT2D eigenvalue weighted by atomic mass is 32.2. The van der Waals surface area contributed by atoms with Gasteiger partial charge >= 0.3 is 6.61 Å². The minimum atomic E-state index is -3.68. The van der Waals surface area contributed by atoms with Crippen LogP contribution in [0.15, 0.2) is 47.4 Å². The van der Waals surface area contributed by atoms with Crippen LogP contribution in [0.5, 0.6) is 5.75 Å². The summed E-state index contributed by atoms with van der Waals surface area (Å²) in [5.41, 5.74) is 3.03. The van der Waals surface area contributed by atoms with E-state index in [1.807, 2.05) is 6.07 Å². The second kappa shape index (κ2) is 10.2. The van der Waals surface area contributed by atoms with Crippen molar-refractivity contribution in [3.05, 3.63) is 59.2 Å². The van der Waals surface area contributed by atoms with E-state index in [1.54, 1.807) is 31.3 Å². The molecule has 1 N–H and O–H groups in total. The third-order valence-corrected chi connectivity index (χ3v) is 6.71. The molecule has 0 unspecified atom stereocenters. The van der Waals surface area contributed by atoms with Gasteiger partial charge in [0, 0.05) is 26.6 Å². The van der Waals surface area contributed by atoms with Crippen molar-refractivity contribution in [2.24, 2.45) is 0 Å². The third kappa shape index (κ3) is 6.48. The van der Waals surface area contributed by atoms with Crippen molar-refractivity contribution < 1.29 is 26.7 Å². The number of amides is 1. The zero-order valence-electron chi connectivity index (χ0n) is 17.3. The zero-order chi connectivity index (χ0) is 22.4. The first kappa shape index (κ1) is 23.1. The van der Waals surface area contributed by atoms with Crippen LogP contribution in [0, 0.1) is 0 Å². The van der Waals surface area contributed by atoms with Crippen LogP contribution < -0.4 is 9.46 Å². The quantitative estimate of drug-likeness (QED) is 0.632. The van der Waals surface area contributed by atoms with E-state index in [0.29, 0.717) is 0 Å². The Labute approximate surface area is 181 Å². The molecule has 6 nitrogen and oxygen atoms in total. The van der Waals surface area contributed by atoms with Crippen molar-refractivity contribution in [1.82, 2.24) is 9.62 Å². The fourth-order valence-electron chi connectivity index (χ4n) is 3.58. The number of fused-ring (bicyclic) bond motifs is 1. The number of alkyl halides is 2. The van der Waals surface area contributed by atoms with E-state index in [4.69, 9.17) is 0 Å². The van der Waals surface area contributed by atoms with Crippen molar-refractivity contribution in [3.8, 4) is 5.75 Å². The Bertz CT molecular complexity index is 1010. The van der Waals surface area contributed by atoms with E-state index in [0.717, 1.165) is 36.8 Å². The molecule has 0 aliphatic heterocycles. The number of sulfonamides is 1. The lowest BCUT2D eigenvalue weighted by atomic mass is 9.92. The maximum atomic E-state index is 12.6. The Balaban J connectivity index is 1.49. The molecule has 31 heavy (non-hydrogen) atoms. The molecule has 0 saturated carbocycles. The average Bonchev–Trinajstić information content (AvgIpc) is 2.74. The van der Waals surface area contributed by atoms with Crippen molar-refractivity contribution in [1.29, 1.82) is 0 Å². The van der Waals surface area contributed by atoms with Gasteiger partial charge in [0.05, 0.1) is 4.90 Å². The van der Waals surface area contributed by atoms with Gasteiger partial charge in [-0.2, -0.15) is 8.78 Å². The van der Waals surface area contributed by atoms with Gasteiger partial charge < -0.3 is 9.64 Å². The first-order valence-electron chi connectivity index (χ1n) is 10.1. The number of halogens is 2. The number of hydrogen-bond acceptors (Lipinski definition) is 4. The highest BCUT2D eigenvalue weighted by Crippen LogP contribution is 2.24. The Morgan fingerprint density at radius 2 is 1.77 bits per heavy atom. The van der Waals surface area contributed by atoms with Gasteiger partial charge in [-0.1, -0.05) is 18.2 Å². The number of ether oxygens (including phenoxy) is 1. The van der Waals surface area contributed by atoms with E-state index in [1.165, 1.54) is 22.6 Å². The number of carbonyl (C=O) groups excluding carboxylic acids is 1. The normalized spacial score (nSPS) is 13.7. The lowest BCUT2D eigenvalue weighted by Crippen LogP contribution is -2.32. The summed E-state index contributed by atoms with van der Waals surface area (Å²) >= 11 is 0. The molecule has 9 heteroatoms. The average molecular weight is 453 g/mol. The molecule has 0 heterocycles. The van der Waals surface area contributed by atoms with Crippen molar-refractivity contribution in [2.45, 2.75) is 50.2 Å². The molecular formula is C22H26F2N2O4S. The second-order valence-electron chi connectivity index (χ2n) is 7.56. The second-order valence-corrected chi connectivity index (χ2v) is 9.32. The third-order valence-electron chi connectivity index (χ3n) is 5.26. The maximum absolute atomic E-state index is 12.6. The fourth-order valence-corrected chi connectivity index (χ4v) is 4.66. The molecule has 168 valence electrons. The highest BCUT2D eigenvalue weighted by molar-refractivity contribution is 7.89. The van der Waals surface area contributed by atoms with E-state index < -0.39 is 16.6 Å². The molecular weight excluding hydrogens is 426 g/mol. The molecule has 0 radical (unpaired) electrons. The molecule has 3 rings (SSSR count). The minimum Gasteiger partial charge on any atom is -0.435 e. The molecule has 0 aromatic heterocycles. The van der Waals surface area contributed by atoms with Crippen molar-refractivity contribution >= 4 is 15.9 Å². The Morgan fingerprint density at radius 3 is 2.45 bits per heavy atom. The fraction of sp³-hybridized carbons (Fsp3) is 0.409. The molecule has 1 aliphatic rings. The van der Waals surface area contributed by atoms with Gasteiger partial charge in [0.15, 0.2) is 0 Å². The van der Waals surface area contributed by atoms with E-state index >= 15 is 0 Å². The first-order chi connectivity index (χ1) is 14.7. The summed E-state index contributed by atoms with van der Waals surface area (Å²) in [5.74, 6) is -0.189. The van der Waals surface area contributed by atoms with Crippen LogP contribution in [0.3, 0.4) is 0 Å². The minimum absolute atomic E-state index is 0.00719. The smallest absolute Gasteiger partial charge is 0.387 e. The van der Waals surface area contributed by atoms with Crippen molar-refractivity contribution in [2.75, 3.05) is 13.6 Å². The summed E-state index contributed by atoms with van der Waals surface area (Å²) in [6, 6.07) is 11.2. The van der Waals surface area contributed by atoms with Crippen LogP contribution in [-0.2, 0) is 34.2 Å². The standard InChI is InChI=1S/C22H26F2N2O4S/c1-26(15-16-6-9-19(10-7-16)30-22(23)24)21(27)12-13-25-31(28,29)20-11-8-17-4-2-3-5-18(17)14-20/h6-11,14,22,25H,2-5,12-13,15H2,1H3. The molecule has 0 bridgehead atoms. The van der Waals surface area contributed by atoms with Gasteiger partial charge in [-0.3, -0.25) is 4.79 Å². The SMILES string of the molecule is CN(Cc1ccc(OC(F)F)cc1)C(=O)CCNS(=O)(=O)c1ccc2c(c1)CCCC2. The summed E-state index contributed by atoms with van der Waals surface area (Å²) < 4.78 is 56.3. The summed E-state index contributed by atoms with van der Waals surface area (Å²) in [6.07, 6.45) is 4.06. The number of hydrogen-bond donors (Lipinski definition) is 1. The molecule has 0 spiro atoms. The molecule has 0 fully saturated rings. The van der Waals surface area contributed by atoms with Crippen LogP contribution in [-0.4, -0.2) is 39.4 Å². The number of nitrogens with zero attached hydrogens (tertiary/aromatic N) is 1. The summed E-state index contributed by atoms with van der Waals surface area (Å²) in [4.78, 5) is 14.0. The zero-order valence-corrected chi connectivity index (χ0v) is 18.1. The molecule has 1 amide bonds. The van der Waals surface area contributed by atoms with Crippen LogP contribution >= 0.6 is 0 Å². The maximum Gasteiger partial charge on any atom is 0.387 e. The van der Waals surface area contributed by atoms with Crippen LogP contribution in [0.4, 0.5) is 8.78 Å². The van der Waals surface area contributed by atoms with Crippen LogP contribution in [0.25, 0.3) is 0 Å². The van der Waals surface area contributed by atoms with E-state index in [-0.39, 0.29) is 36.1 Å². The Morgan fingerprint density at radius 1 is 1.10 bits per heavy atom. The van der Waals surface area contributed by atoms with Gasteiger partial charge in [-0.05, 0) is 66.6 Å². The lowest BCUT2D eigenvalue weighted by Gasteiger charge is -2.18. The predicted octanol–water partition coefficient (Wildman–Crippen LogP) is 3.49. The number of nitrogens with one attached hydrogen (secondary N) is 1. The topological polar surface area (TPSA) is 75.7 Å². The van der Waals surface area contributed by atoms with Crippen LogP contribution in [0.2, 0.25) is 0 Å². The Hall–Kier alpha value is -2.52. The Kier molecular flexibility index (Phi) is 7.61. The van der Waals surface area contributed by atoms with E-state index in [2.05, 4.69) is 9.46 Å². The van der Waals surface area contributed by atoms with E-state index in [9.17, 15) is 22.0 Å². The number of aryl methyl sites for hydroxylation is 2. The highest BCUT2D eigenvalue weighted by Gasteiger charge is 2.18. The molecule has 2 aromatic carbocycles. The van der Waals surface area contributed by atoms with Gasteiger partial charge in [0.2, 0.25) is 15.9 Å². The number of carbonyl (C=O) groups is 1. The largest absolute Gasteiger partial charge is 0.435 e. The van der Waals surface area contributed by atoms with Crippen molar-refractivity contribution in [3.63, 3.8) is 0 Å². The monoisotopic (exact) mass is 452 g/mol. The van der Waals surface area contributed by atoms with Gasteiger partial charge in [0.25, 0.3) is 0 Å².